The smallest absolute Gasteiger partial charge is 0.127 e. The van der Waals surface area contributed by atoms with Crippen molar-refractivity contribution in [1.82, 2.24) is 9.80 Å². The minimum atomic E-state index is -0.232. The molecule has 1 aliphatic carbocycles. The lowest BCUT2D eigenvalue weighted by molar-refractivity contribution is 0.00669. The number of fused-ring (bicyclic) bond motifs is 3. The van der Waals surface area contributed by atoms with E-state index < -0.39 is 0 Å². The fraction of sp³-hybridized carbons (Fsp3) is 0.765. The maximum Gasteiger partial charge on any atom is 0.127 e. The summed E-state index contributed by atoms with van der Waals surface area (Å²) in [6, 6.07) is 5.15. The van der Waals surface area contributed by atoms with E-state index in [1.165, 1.54) is 83.1 Å². The number of ether oxygens (including phenoxy) is 1. The zero-order valence-electron chi connectivity index (χ0n) is 25.0. The number of nitrogens with zero attached hydrogens (tertiary/aromatic N) is 2. The Kier molecular flexibility index (Phi) is 8.50. The monoisotopic (exact) mass is 522 g/mol. The molecule has 4 heteroatoms. The van der Waals surface area contributed by atoms with Crippen molar-refractivity contribution in [2.45, 2.75) is 128 Å². The molecule has 0 bridgehead atoms. The second-order valence-electron chi connectivity index (χ2n) is 14.1. The molecule has 3 aliphatic heterocycles. The summed E-state index contributed by atoms with van der Waals surface area (Å²) < 4.78 is 6.69. The quantitative estimate of drug-likeness (QED) is 0.265. The Morgan fingerprint density at radius 2 is 1.76 bits per heavy atom. The van der Waals surface area contributed by atoms with Crippen LogP contribution in [0.15, 0.2) is 23.8 Å². The highest BCUT2D eigenvalue weighted by atomic mass is 16.5. The Bertz CT molecular complexity index is 982. The molecule has 38 heavy (non-hydrogen) atoms. The highest BCUT2D eigenvalue weighted by Gasteiger charge is 2.46. The molecular weight excluding hydrogens is 468 g/mol. The zero-order valence-corrected chi connectivity index (χ0v) is 25.0. The van der Waals surface area contributed by atoms with Crippen LogP contribution in [0.2, 0.25) is 0 Å². The highest BCUT2D eigenvalue weighted by Crippen LogP contribution is 2.55. The number of phenolic OH excluding ortho intramolecular Hbond substituents is 1. The average Bonchev–Trinajstić information content (AvgIpc) is 3.41. The predicted octanol–water partition coefficient (Wildman–Crippen LogP) is 7.79. The average molecular weight is 523 g/mol. The van der Waals surface area contributed by atoms with E-state index in [4.69, 9.17) is 4.74 Å². The second kappa shape index (κ2) is 11.5. The van der Waals surface area contributed by atoms with Crippen LogP contribution in [0.25, 0.3) is 0 Å². The minimum absolute atomic E-state index is 0.0312. The molecule has 2 atom stereocenters. The molecule has 2 fully saturated rings. The molecule has 1 N–H and O–H groups in total. The highest BCUT2D eigenvalue weighted by molar-refractivity contribution is 5.54. The van der Waals surface area contributed by atoms with Gasteiger partial charge in [0.1, 0.15) is 17.1 Å². The molecule has 0 aromatic heterocycles. The van der Waals surface area contributed by atoms with Crippen LogP contribution in [0.1, 0.15) is 122 Å². The Morgan fingerprint density at radius 1 is 1.03 bits per heavy atom. The number of rotatable bonds is 9. The molecule has 0 saturated carbocycles. The summed E-state index contributed by atoms with van der Waals surface area (Å²) in [7, 11) is 0. The summed E-state index contributed by atoms with van der Waals surface area (Å²) in [4.78, 5) is 5.43. The van der Waals surface area contributed by atoms with Crippen LogP contribution in [-0.2, 0) is 5.41 Å². The molecule has 2 saturated heterocycles. The van der Waals surface area contributed by atoms with Crippen molar-refractivity contribution in [1.29, 1.82) is 0 Å². The topological polar surface area (TPSA) is 35.9 Å². The molecule has 5 rings (SSSR count). The van der Waals surface area contributed by atoms with Crippen molar-refractivity contribution < 1.29 is 9.84 Å². The lowest BCUT2D eigenvalue weighted by Gasteiger charge is -2.48. The van der Waals surface area contributed by atoms with E-state index >= 15 is 0 Å². The lowest BCUT2D eigenvalue weighted by atomic mass is 9.66. The minimum Gasteiger partial charge on any atom is -0.508 e. The van der Waals surface area contributed by atoms with E-state index in [1.807, 2.05) is 0 Å². The van der Waals surface area contributed by atoms with Gasteiger partial charge in [0.05, 0.1) is 0 Å². The van der Waals surface area contributed by atoms with Crippen molar-refractivity contribution in [2.24, 2.45) is 5.92 Å². The van der Waals surface area contributed by atoms with Crippen LogP contribution in [0.3, 0.4) is 0 Å². The van der Waals surface area contributed by atoms with Crippen LogP contribution in [0, 0.1) is 5.92 Å². The maximum absolute atomic E-state index is 11.4. The van der Waals surface area contributed by atoms with Gasteiger partial charge in [0.2, 0.25) is 0 Å². The van der Waals surface area contributed by atoms with Gasteiger partial charge in [0.15, 0.2) is 0 Å². The van der Waals surface area contributed by atoms with E-state index in [0.29, 0.717) is 17.6 Å². The molecular formula is C34H54N2O2. The number of phenols is 1. The summed E-state index contributed by atoms with van der Waals surface area (Å²) in [6.45, 7) is 17.6. The van der Waals surface area contributed by atoms with E-state index in [-0.39, 0.29) is 11.0 Å². The number of unbranched alkanes of at least 4 members (excludes halogenated alkanes) is 3. The third-order valence-electron chi connectivity index (χ3n) is 10.5. The Morgan fingerprint density at radius 3 is 2.47 bits per heavy atom. The SMILES string of the molecule is CCCCCCC(C)(C)c1cc(O)c2c(c1)OC(C)(C)[C@H]1CC=C(CN3CCC(N4CCCC4)CC3)CC21. The van der Waals surface area contributed by atoms with Gasteiger partial charge in [-0.25, -0.2) is 0 Å². The van der Waals surface area contributed by atoms with Crippen molar-refractivity contribution >= 4 is 0 Å². The van der Waals surface area contributed by atoms with Gasteiger partial charge in [-0.05, 0) is 108 Å². The molecule has 212 valence electrons. The third-order valence-corrected chi connectivity index (χ3v) is 10.5. The first-order chi connectivity index (χ1) is 18.2. The van der Waals surface area contributed by atoms with Gasteiger partial charge < -0.3 is 14.7 Å². The van der Waals surface area contributed by atoms with Crippen LogP contribution in [0.5, 0.6) is 11.5 Å². The molecule has 0 amide bonds. The fourth-order valence-corrected chi connectivity index (χ4v) is 7.96. The number of hydrogen-bond donors (Lipinski definition) is 1. The maximum atomic E-state index is 11.4. The first-order valence-corrected chi connectivity index (χ1v) is 15.9. The largest absolute Gasteiger partial charge is 0.508 e. The van der Waals surface area contributed by atoms with Gasteiger partial charge in [0, 0.05) is 30.0 Å². The molecule has 0 radical (unpaired) electrons. The van der Waals surface area contributed by atoms with Crippen molar-refractivity contribution in [3.63, 3.8) is 0 Å². The van der Waals surface area contributed by atoms with Crippen molar-refractivity contribution in [3.05, 3.63) is 34.9 Å². The fourth-order valence-electron chi connectivity index (χ4n) is 7.96. The Balaban J connectivity index is 1.28. The zero-order chi connectivity index (χ0) is 26.9. The van der Waals surface area contributed by atoms with Crippen LogP contribution < -0.4 is 4.74 Å². The molecule has 1 aromatic rings. The first-order valence-electron chi connectivity index (χ1n) is 15.9. The Hall–Kier alpha value is -1.52. The predicted molar refractivity (Wildman–Crippen MR) is 158 cm³/mol. The van der Waals surface area contributed by atoms with Gasteiger partial charge in [-0.1, -0.05) is 58.1 Å². The molecule has 1 aromatic carbocycles. The van der Waals surface area contributed by atoms with Crippen LogP contribution >= 0.6 is 0 Å². The van der Waals surface area contributed by atoms with Crippen LogP contribution in [-0.4, -0.2) is 59.3 Å². The summed E-state index contributed by atoms with van der Waals surface area (Å²) in [5.74, 6) is 2.12. The number of allylic oxidation sites excluding steroid dienone is 1. The molecule has 3 heterocycles. The van der Waals surface area contributed by atoms with Gasteiger partial charge in [-0.15, -0.1) is 0 Å². The summed E-state index contributed by atoms with van der Waals surface area (Å²) in [5, 5.41) is 11.4. The lowest BCUT2D eigenvalue weighted by Crippen LogP contribution is -2.47. The molecule has 4 nitrogen and oxygen atoms in total. The molecule has 0 spiro atoms. The number of piperidine rings is 1. The summed E-state index contributed by atoms with van der Waals surface area (Å²) >= 11 is 0. The van der Waals surface area contributed by atoms with Gasteiger partial charge in [0.25, 0.3) is 0 Å². The number of aromatic hydroxyl groups is 1. The van der Waals surface area contributed by atoms with Crippen LogP contribution in [0.4, 0.5) is 0 Å². The van der Waals surface area contributed by atoms with Gasteiger partial charge in [-0.2, -0.15) is 0 Å². The standard InChI is InChI=1S/C34H54N2O2/c1-6-7-8-9-16-33(2,3)26-22-30(37)32-28-21-25(12-13-29(28)34(4,5)38-31(32)23-26)24-35-19-14-27(15-20-35)36-17-10-11-18-36/h12,22-23,27-29,37H,6-11,13-21,24H2,1-5H3/t28?,29-/m0/s1. The van der Waals surface area contributed by atoms with Crippen molar-refractivity contribution in [2.75, 3.05) is 32.7 Å². The van der Waals surface area contributed by atoms with E-state index in [1.54, 1.807) is 5.57 Å². The van der Waals surface area contributed by atoms with E-state index in [9.17, 15) is 5.11 Å². The normalized spacial score (nSPS) is 26.5. The number of likely N-dealkylation sites (tertiary alicyclic amines) is 2. The molecule has 1 unspecified atom stereocenters. The van der Waals surface area contributed by atoms with Gasteiger partial charge in [-0.3, -0.25) is 4.90 Å². The second-order valence-corrected chi connectivity index (χ2v) is 14.1. The summed E-state index contributed by atoms with van der Waals surface area (Å²) in [6.07, 6.45) is 16.2. The van der Waals surface area contributed by atoms with Gasteiger partial charge >= 0.3 is 0 Å². The number of benzene rings is 1. The van der Waals surface area contributed by atoms with E-state index in [2.05, 4.69) is 62.6 Å². The summed E-state index contributed by atoms with van der Waals surface area (Å²) in [5.41, 5.74) is 3.65. The molecule has 4 aliphatic rings. The Labute approximate surface area is 232 Å². The first kappa shape index (κ1) is 28.0. The van der Waals surface area contributed by atoms with Crippen molar-refractivity contribution in [3.8, 4) is 11.5 Å². The third kappa shape index (κ3) is 5.97. The van der Waals surface area contributed by atoms with E-state index in [0.717, 1.165) is 43.2 Å². The number of hydrogen-bond acceptors (Lipinski definition) is 4.